The molecule has 0 bridgehead atoms. The van der Waals surface area contributed by atoms with E-state index in [4.69, 9.17) is 16.3 Å². The van der Waals surface area contributed by atoms with Gasteiger partial charge in [0.05, 0.1) is 31.4 Å². The molecular weight excluding hydrogens is 637 g/mol. The predicted molar refractivity (Wildman–Crippen MR) is 182 cm³/mol. The van der Waals surface area contributed by atoms with Gasteiger partial charge in [-0.1, -0.05) is 61.0 Å². The van der Waals surface area contributed by atoms with Gasteiger partial charge >= 0.3 is 0 Å². The third-order valence-corrected chi connectivity index (χ3v) is 12.6. The van der Waals surface area contributed by atoms with Crippen molar-refractivity contribution >= 4 is 49.1 Å². The summed E-state index contributed by atoms with van der Waals surface area (Å²) in [5.41, 5.74) is 1.54. The summed E-state index contributed by atoms with van der Waals surface area (Å²) in [6, 6.07) is 22.4. The van der Waals surface area contributed by atoms with Crippen molar-refractivity contribution in [1.82, 2.24) is 4.90 Å². The standard InChI is InChI=1S/C36H41ClFN3O5Si/c1-24-34(47(2,3)38)31(21-33(44)39(17-18-42)22-25-9-5-4-6-10-25)46-36(24)29-20-27(37)14-15-30(29)41(35(36)45)23-26-11-7-12-28(19-26)40-16-8-13-32(40)43/h4-7,9-12,14-15,19-20,24,31,34,42H,8,13,16-18,21-23H2,1-3H3/t24-,31+,34-,36+/m1/s1. The topological polar surface area (TPSA) is 90.4 Å². The summed E-state index contributed by atoms with van der Waals surface area (Å²) >= 11 is 6.52. The van der Waals surface area contributed by atoms with E-state index >= 15 is 4.11 Å². The first-order valence-corrected chi connectivity index (χ1v) is 19.6. The van der Waals surface area contributed by atoms with E-state index in [2.05, 4.69) is 0 Å². The highest BCUT2D eigenvalue weighted by atomic mass is 35.5. The SMILES string of the molecule is C[C@@H]1[C@@H]([Si](C)(C)F)[C@H](CC(=O)N(CCO)Cc2ccccc2)O[C@@]12C(=O)N(Cc1cccc(N3CCCC3=O)c1)c1ccc(Cl)cc12. The smallest absolute Gasteiger partial charge is 0.264 e. The number of carbonyl (C=O) groups excluding carboxylic acids is 3. The second-order valence-electron chi connectivity index (χ2n) is 13.4. The van der Waals surface area contributed by atoms with Crippen molar-refractivity contribution in [2.75, 3.05) is 29.5 Å². The molecule has 3 amide bonds. The molecule has 2 saturated heterocycles. The van der Waals surface area contributed by atoms with Crippen LogP contribution in [0, 0.1) is 5.92 Å². The van der Waals surface area contributed by atoms with Gasteiger partial charge in [0.2, 0.25) is 20.2 Å². The summed E-state index contributed by atoms with van der Waals surface area (Å²) < 4.78 is 23.1. The molecule has 0 aromatic heterocycles. The normalized spacial score (nSPS) is 24.0. The molecule has 3 aliphatic heterocycles. The molecule has 0 radical (unpaired) electrons. The number of rotatable bonds is 10. The summed E-state index contributed by atoms with van der Waals surface area (Å²) in [6.07, 6.45) is 0.340. The van der Waals surface area contributed by atoms with E-state index in [1.54, 1.807) is 46.0 Å². The Labute approximate surface area is 281 Å². The maximum atomic E-state index is 16.3. The van der Waals surface area contributed by atoms with Gasteiger partial charge in [0.25, 0.3) is 5.91 Å². The van der Waals surface area contributed by atoms with Crippen molar-refractivity contribution in [2.45, 2.75) is 69.6 Å². The van der Waals surface area contributed by atoms with E-state index in [0.29, 0.717) is 35.8 Å². The highest BCUT2D eigenvalue weighted by Crippen LogP contribution is 2.60. The van der Waals surface area contributed by atoms with Crippen LogP contribution >= 0.6 is 11.6 Å². The number of aliphatic hydroxyl groups excluding tert-OH is 1. The zero-order chi connectivity index (χ0) is 33.5. The molecule has 2 fully saturated rings. The Morgan fingerprint density at radius 3 is 2.51 bits per heavy atom. The summed E-state index contributed by atoms with van der Waals surface area (Å²) in [5.74, 6) is -1.10. The van der Waals surface area contributed by atoms with Crippen LogP contribution < -0.4 is 9.80 Å². The first-order valence-electron chi connectivity index (χ1n) is 16.2. The number of fused-ring (bicyclic) bond motifs is 2. The van der Waals surface area contributed by atoms with Crippen molar-refractivity contribution < 1.29 is 28.3 Å². The molecule has 248 valence electrons. The molecule has 3 aliphatic rings. The van der Waals surface area contributed by atoms with Gasteiger partial charge in [-0.3, -0.25) is 14.4 Å². The molecule has 11 heteroatoms. The molecule has 3 aromatic rings. The van der Waals surface area contributed by atoms with Gasteiger partial charge in [0.15, 0.2) is 5.60 Å². The number of hydrogen-bond acceptors (Lipinski definition) is 5. The highest BCUT2D eigenvalue weighted by Gasteiger charge is 2.67. The lowest BCUT2D eigenvalue weighted by Gasteiger charge is -2.31. The Bertz CT molecular complexity index is 1670. The van der Waals surface area contributed by atoms with E-state index in [1.807, 2.05) is 61.5 Å². The summed E-state index contributed by atoms with van der Waals surface area (Å²) in [7, 11) is -3.51. The van der Waals surface area contributed by atoms with Crippen LogP contribution in [0.25, 0.3) is 0 Å². The van der Waals surface area contributed by atoms with E-state index in [9.17, 15) is 19.5 Å². The van der Waals surface area contributed by atoms with Crippen molar-refractivity contribution in [3.8, 4) is 0 Å². The van der Waals surface area contributed by atoms with Crippen LogP contribution in [0.1, 0.15) is 42.9 Å². The van der Waals surface area contributed by atoms with Crippen LogP contribution in [0.4, 0.5) is 15.5 Å². The minimum Gasteiger partial charge on any atom is -0.395 e. The lowest BCUT2D eigenvalue weighted by molar-refractivity contribution is -0.150. The zero-order valence-corrected chi connectivity index (χ0v) is 28.8. The van der Waals surface area contributed by atoms with Crippen LogP contribution in [0.2, 0.25) is 23.7 Å². The van der Waals surface area contributed by atoms with E-state index in [-0.39, 0.29) is 43.8 Å². The first-order chi connectivity index (χ1) is 22.4. The van der Waals surface area contributed by atoms with Crippen LogP contribution in [0.3, 0.4) is 0 Å². The Hall–Kier alpha value is -3.57. The van der Waals surface area contributed by atoms with Crippen LogP contribution in [-0.4, -0.2) is 61.9 Å². The zero-order valence-electron chi connectivity index (χ0n) is 27.0. The Balaban J connectivity index is 1.33. The Morgan fingerprint density at radius 2 is 1.83 bits per heavy atom. The predicted octanol–water partition coefficient (Wildman–Crippen LogP) is 6.20. The summed E-state index contributed by atoms with van der Waals surface area (Å²) in [5, 5.41) is 10.2. The third-order valence-electron chi connectivity index (χ3n) is 9.87. The van der Waals surface area contributed by atoms with Gasteiger partial charge in [-0.15, -0.1) is 0 Å². The van der Waals surface area contributed by atoms with Gasteiger partial charge < -0.3 is 28.7 Å². The third kappa shape index (κ3) is 6.24. The van der Waals surface area contributed by atoms with E-state index in [1.165, 1.54) is 0 Å². The molecular formula is C36H41ClFN3O5Si. The molecule has 6 rings (SSSR count). The number of nitrogens with zero attached hydrogens (tertiary/aromatic N) is 3. The molecule has 8 nitrogen and oxygen atoms in total. The lowest BCUT2D eigenvalue weighted by atomic mass is 9.82. The number of amides is 3. The van der Waals surface area contributed by atoms with E-state index in [0.717, 1.165) is 23.2 Å². The maximum Gasteiger partial charge on any atom is 0.264 e. The van der Waals surface area contributed by atoms with Gasteiger partial charge in [-0.05, 0) is 61.0 Å². The molecule has 47 heavy (non-hydrogen) atoms. The fourth-order valence-corrected chi connectivity index (χ4v) is 10.5. The maximum absolute atomic E-state index is 16.3. The average Bonchev–Trinajstić information content (AvgIpc) is 3.66. The number of ether oxygens (including phenoxy) is 1. The van der Waals surface area contributed by atoms with Gasteiger partial charge in [0.1, 0.15) is 0 Å². The van der Waals surface area contributed by atoms with E-state index < -0.39 is 31.6 Å². The molecule has 3 heterocycles. The molecule has 4 atom stereocenters. The second kappa shape index (κ2) is 13.1. The second-order valence-corrected chi connectivity index (χ2v) is 17.6. The molecule has 0 unspecified atom stereocenters. The van der Waals surface area contributed by atoms with Gasteiger partial charge in [-0.2, -0.15) is 0 Å². The van der Waals surface area contributed by atoms with Crippen molar-refractivity contribution in [3.63, 3.8) is 0 Å². The number of carbonyl (C=O) groups is 3. The van der Waals surface area contributed by atoms with Crippen molar-refractivity contribution in [3.05, 3.63) is 94.5 Å². The van der Waals surface area contributed by atoms with Gasteiger partial charge in [-0.25, -0.2) is 0 Å². The molecule has 0 aliphatic carbocycles. The quantitative estimate of drug-likeness (QED) is 0.204. The lowest BCUT2D eigenvalue weighted by Crippen LogP contribution is -2.45. The Kier molecular flexibility index (Phi) is 9.32. The van der Waals surface area contributed by atoms with Crippen LogP contribution in [-0.2, 0) is 37.8 Å². The monoisotopic (exact) mass is 677 g/mol. The van der Waals surface area contributed by atoms with Crippen molar-refractivity contribution in [1.29, 1.82) is 0 Å². The number of halogens is 2. The highest BCUT2D eigenvalue weighted by molar-refractivity contribution is 6.72. The fraction of sp³-hybridized carbons (Fsp3) is 0.417. The number of hydrogen-bond donors (Lipinski definition) is 1. The van der Waals surface area contributed by atoms with Crippen LogP contribution in [0.5, 0.6) is 0 Å². The molecule has 1 spiro atoms. The summed E-state index contributed by atoms with van der Waals surface area (Å²) in [4.78, 5) is 46.0. The molecule has 0 saturated carbocycles. The van der Waals surface area contributed by atoms with Gasteiger partial charge in [0, 0.05) is 53.8 Å². The number of aliphatic hydroxyl groups is 1. The number of anilines is 2. The Morgan fingerprint density at radius 1 is 1.09 bits per heavy atom. The summed E-state index contributed by atoms with van der Waals surface area (Å²) in [6.45, 7) is 6.13. The molecule has 3 aromatic carbocycles. The molecule has 1 N–H and O–H groups in total. The van der Waals surface area contributed by atoms with Crippen LogP contribution in [0.15, 0.2) is 72.8 Å². The average molecular weight is 678 g/mol. The number of benzene rings is 3. The largest absolute Gasteiger partial charge is 0.395 e. The van der Waals surface area contributed by atoms with Crippen molar-refractivity contribution in [2.24, 2.45) is 5.92 Å². The minimum absolute atomic E-state index is 0.0810. The fourth-order valence-electron chi connectivity index (χ4n) is 7.82. The minimum atomic E-state index is -3.51. The first kappa shape index (κ1) is 33.3.